The maximum atomic E-state index is 13.0. The van der Waals surface area contributed by atoms with Crippen LogP contribution in [-0.2, 0) is 20.5 Å². The fourth-order valence-electron chi connectivity index (χ4n) is 3.49. The van der Waals surface area contributed by atoms with Crippen molar-refractivity contribution in [2.75, 3.05) is 19.5 Å². The summed E-state index contributed by atoms with van der Waals surface area (Å²) in [5, 5.41) is 2.89. The predicted octanol–water partition coefficient (Wildman–Crippen LogP) is 4.56. The molecule has 2 aromatic rings. The number of carbonyl (C=O) groups is 2. The summed E-state index contributed by atoms with van der Waals surface area (Å²) in [6.45, 7) is 0. The first-order valence-electron chi connectivity index (χ1n) is 9.13. The molecular formula is C22H20F3NO4. The lowest BCUT2D eigenvalue weighted by Crippen LogP contribution is -2.34. The molecule has 2 atom stereocenters. The Bertz CT molecular complexity index is 967. The van der Waals surface area contributed by atoms with E-state index in [0.717, 1.165) is 17.7 Å². The molecule has 8 heteroatoms. The highest BCUT2D eigenvalue weighted by atomic mass is 19.4. The summed E-state index contributed by atoms with van der Waals surface area (Å²) in [6, 6.07) is 11.6. The van der Waals surface area contributed by atoms with Crippen LogP contribution < -0.4 is 10.1 Å². The molecule has 0 radical (unpaired) electrons. The van der Waals surface area contributed by atoms with E-state index < -0.39 is 35.3 Å². The number of ketones is 1. The molecule has 0 saturated heterocycles. The normalized spacial score (nSPS) is 19.1. The fraction of sp³-hybridized carbons (Fsp3) is 0.273. The van der Waals surface area contributed by atoms with Crippen LogP contribution in [0.3, 0.4) is 0 Å². The number of carbonyl (C=O) groups excluding carboxylic acids is 2. The summed E-state index contributed by atoms with van der Waals surface area (Å²) in [5.74, 6) is -2.07. The van der Waals surface area contributed by atoms with Crippen molar-refractivity contribution in [2.24, 2.45) is 5.92 Å². The zero-order chi connectivity index (χ0) is 21.9. The lowest BCUT2D eigenvalue weighted by atomic mass is 9.76. The number of methoxy groups -OCH3 is 2. The Hall–Kier alpha value is -3.29. The van der Waals surface area contributed by atoms with Crippen molar-refractivity contribution in [2.45, 2.75) is 18.5 Å². The molecule has 2 aromatic carbocycles. The van der Waals surface area contributed by atoms with Crippen LogP contribution in [0.25, 0.3) is 0 Å². The van der Waals surface area contributed by atoms with Gasteiger partial charge in [-0.05, 0) is 42.3 Å². The standard InChI is InChI=1S/C22H20F3NO4/c1-29-17-8-6-13(7-9-17)18-11-16(12-19(27)20(18)21(28)30-2)26-15-5-3-4-14(10-15)22(23,24)25/h3-10,12,18,20,26H,11H2,1-2H3/t18-,20-/m0/s1. The largest absolute Gasteiger partial charge is 0.497 e. The fourth-order valence-corrected chi connectivity index (χ4v) is 3.49. The molecule has 30 heavy (non-hydrogen) atoms. The first kappa shape index (κ1) is 21.4. The van der Waals surface area contributed by atoms with E-state index in [-0.39, 0.29) is 12.1 Å². The van der Waals surface area contributed by atoms with Crippen molar-refractivity contribution in [3.63, 3.8) is 0 Å². The third-order valence-corrected chi connectivity index (χ3v) is 4.96. The lowest BCUT2D eigenvalue weighted by Gasteiger charge is -2.29. The van der Waals surface area contributed by atoms with E-state index in [1.165, 1.54) is 32.4 Å². The minimum Gasteiger partial charge on any atom is -0.497 e. The maximum absolute atomic E-state index is 13.0. The first-order chi connectivity index (χ1) is 14.2. The SMILES string of the molecule is COC(=O)[C@@H]1C(=O)C=C(Nc2cccc(C(F)(F)F)c2)C[C@H]1c1ccc(OC)cc1. The van der Waals surface area contributed by atoms with Crippen molar-refractivity contribution in [3.05, 3.63) is 71.4 Å². The number of rotatable bonds is 5. The zero-order valence-electron chi connectivity index (χ0n) is 16.3. The molecule has 0 aliphatic heterocycles. The van der Waals surface area contributed by atoms with Gasteiger partial charge in [-0.2, -0.15) is 13.2 Å². The maximum Gasteiger partial charge on any atom is 0.416 e. The minimum atomic E-state index is -4.48. The van der Waals surface area contributed by atoms with Gasteiger partial charge in [0.05, 0.1) is 19.8 Å². The Kier molecular flexibility index (Phi) is 6.14. The molecule has 0 unspecified atom stereocenters. The highest BCUT2D eigenvalue weighted by molar-refractivity contribution is 6.07. The number of esters is 1. The third-order valence-electron chi connectivity index (χ3n) is 4.96. The van der Waals surface area contributed by atoms with E-state index in [0.29, 0.717) is 11.4 Å². The van der Waals surface area contributed by atoms with Gasteiger partial charge >= 0.3 is 12.1 Å². The molecule has 1 aliphatic rings. The van der Waals surface area contributed by atoms with Gasteiger partial charge in [-0.25, -0.2) is 0 Å². The molecule has 0 spiro atoms. The molecule has 1 N–H and O–H groups in total. The van der Waals surface area contributed by atoms with Gasteiger partial charge in [0, 0.05) is 23.4 Å². The molecular weight excluding hydrogens is 399 g/mol. The van der Waals surface area contributed by atoms with Crippen molar-refractivity contribution in [1.82, 2.24) is 0 Å². The summed E-state index contributed by atoms with van der Waals surface area (Å²) >= 11 is 0. The number of benzene rings is 2. The van der Waals surface area contributed by atoms with E-state index in [4.69, 9.17) is 9.47 Å². The Labute approximate surface area is 171 Å². The van der Waals surface area contributed by atoms with Gasteiger partial charge in [-0.15, -0.1) is 0 Å². The summed E-state index contributed by atoms with van der Waals surface area (Å²) in [4.78, 5) is 25.0. The highest BCUT2D eigenvalue weighted by Gasteiger charge is 2.39. The van der Waals surface area contributed by atoms with Gasteiger partial charge in [0.25, 0.3) is 0 Å². The average Bonchev–Trinajstić information content (AvgIpc) is 2.72. The third kappa shape index (κ3) is 4.64. The van der Waals surface area contributed by atoms with Crippen LogP contribution in [0.2, 0.25) is 0 Å². The van der Waals surface area contributed by atoms with Crippen molar-refractivity contribution in [1.29, 1.82) is 0 Å². The number of hydrogen-bond acceptors (Lipinski definition) is 5. The number of anilines is 1. The highest BCUT2D eigenvalue weighted by Crippen LogP contribution is 2.38. The molecule has 0 fully saturated rings. The predicted molar refractivity (Wildman–Crippen MR) is 104 cm³/mol. The van der Waals surface area contributed by atoms with E-state index in [1.807, 2.05) is 0 Å². The molecule has 3 rings (SSSR count). The second-order valence-electron chi connectivity index (χ2n) is 6.86. The quantitative estimate of drug-likeness (QED) is 0.569. The van der Waals surface area contributed by atoms with Gasteiger partial charge in [-0.1, -0.05) is 18.2 Å². The number of nitrogens with one attached hydrogen (secondary N) is 1. The summed E-state index contributed by atoms with van der Waals surface area (Å²) < 4.78 is 48.9. The second kappa shape index (κ2) is 8.61. The molecule has 0 amide bonds. The molecule has 0 aromatic heterocycles. The second-order valence-corrected chi connectivity index (χ2v) is 6.86. The Morgan fingerprint density at radius 3 is 2.40 bits per heavy atom. The summed E-state index contributed by atoms with van der Waals surface area (Å²) in [6.07, 6.45) is -2.98. The Morgan fingerprint density at radius 2 is 1.80 bits per heavy atom. The Balaban J connectivity index is 1.91. The van der Waals surface area contributed by atoms with Crippen molar-refractivity contribution >= 4 is 17.4 Å². The van der Waals surface area contributed by atoms with Crippen molar-refractivity contribution in [3.8, 4) is 5.75 Å². The number of hydrogen-bond donors (Lipinski definition) is 1. The topological polar surface area (TPSA) is 64.6 Å². The van der Waals surface area contributed by atoms with Gasteiger partial charge in [-0.3, -0.25) is 9.59 Å². The molecule has 158 valence electrons. The first-order valence-corrected chi connectivity index (χ1v) is 9.13. The Morgan fingerprint density at radius 1 is 1.10 bits per heavy atom. The number of halogens is 3. The van der Waals surface area contributed by atoms with Crippen LogP contribution in [0, 0.1) is 5.92 Å². The molecule has 1 aliphatic carbocycles. The van der Waals surface area contributed by atoms with Crippen molar-refractivity contribution < 1.29 is 32.2 Å². The number of alkyl halides is 3. The smallest absolute Gasteiger partial charge is 0.416 e. The van der Waals surface area contributed by atoms with Crippen LogP contribution in [0.1, 0.15) is 23.5 Å². The molecule has 5 nitrogen and oxygen atoms in total. The number of ether oxygens (including phenoxy) is 2. The molecule has 0 bridgehead atoms. The van der Waals surface area contributed by atoms with Gasteiger partial charge < -0.3 is 14.8 Å². The van der Waals surface area contributed by atoms with Gasteiger partial charge in [0.15, 0.2) is 5.78 Å². The molecule has 0 heterocycles. The zero-order valence-corrected chi connectivity index (χ0v) is 16.3. The van der Waals surface area contributed by atoms with Crippen LogP contribution in [0.15, 0.2) is 60.3 Å². The van der Waals surface area contributed by atoms with Crippen LogP contribution in [-0.4, -0.2) is 26.0 Å². The summed E-state index contributed by atoms with van der Waals surface area (Å²) in [5.41, 5.74) is 0.541. The van der Waals surface area contributed by atoms with E-state index in [2.05, 4.69) is 5.32 Å². The van der Waals surface area contributed by atoms with Crippen LogP contribution in [0.5, 0.6) is 5.75 Å². The van der Waals surface area contributed by atoms with E-state index in [1.54, 1.807) is 24.3 Å². The van der Waals surface area contributed by atoms with Crippen LogP contribution >= 0.6 is 0 Å². The van der Waals surface area contributed by atoms with E-state index in [9.17, 15) is 22.8 Å². The monoisotopic (exact) mass is 419 g/mol. The average molecular weight is 419 g/mol. The summed E-state index contributed by atoms with van der Waals surface area (Å²) in [7, 11) is 2.73. The lowest BCUT2D eigenvalue weighted by molar-refractivity contribution is -0.149. The van der Waals surface area contributed by atoms with Gasteiger partial charge in [0.1, 0.15) is 11.7 Å². The number of allylic oxidation sites excluding steroid dienone is 2. The van der Waals surface area contributed by atoms with Crippen LogP contribution in [0.4, 0.5) is 18.9 Å². The van der Waals surface area contributed by atoms with Gasteiger partial charge in [0.2, 0.25) is 0 Å². The molecule has 0 saturated carbocycles. The minimum absolute atomic E-state index is 0.203. The van der Waals surface area contributed by atoms with E-state index >= 15 is 0 Å².